The van der Waals surface area contributed by atoms with Crippen LogP contribution in [0.3, 0.4) is 0 Å². The largest absolute Gasteiger partial charge is 0.496 e. The Morgan fingerprint density at radius 3 is 2.15 bits per heavy atom. The second-order valence-corrected chi connectivity index (χ2v) is 7.19. The fourth-order valence-corrected chi connectivity index (χ4v) is 3.42. The minimum Gasteiger partial charge on any atom is -0.496 e. The Morgan fingerprint density at radius 2 is 1.58 bits per heavy atom. The van der Waals surface area contributed by atoms with Gasteiger partial charge in [0.2, 0.25) is 10.0 Å². The fourth-order valence-electron chi connectivity index (χ4n) is 2.37. The normalized spacial score (nSPS) is 11.1. The molecule has 0 heterocycles. The summed E-state index contributed by atoms with van der Waals surface area (Å²) < 4.78 is 43.3. The van der Waals surface area contributed by atoms with E-state index in [1.165, 1.54) is 46.5 Å². The van der Waals surface area contributed by atoms with E-state index in [1.54, 1.807) is 18.2 Å². The van der Waals surface area contributed by atoms with Crippen molar-refractivity contribution in [1.82, 2.24) is 4.72 Å². The van der Waals surface area contributed by atoms with Crippen molar-refractivity contribution in [2.24, 2.45) is 0 Å². The number of rotatable bonds is 8. The van der Waals surface area contributed by atoms with Gasteiger partial charge < -0.3 is 14.2 Å². The van der Waals surface area contributed by atoms with Crippen LogP contribution in [0.4, 0.5) is 0 Å². The summed E-state index contributed by atoms with van der Waals surface area (Å²) >= 11 is 0. The van der Waals surface area contributed by atoms with Crippen LogP contribution >= 0.6 is 0 Å². The van der Waals surface area contributed by atoms with Crippen molar-refractivity contribution in [3.8, 4) is 17.2 Å². The Hall–Kier alpha value is -2.58. The zero-order valence-corrected chi connectivity index (χ0v) is 15.8. The molecule has 0 bridgehead atoms. The van der Waals surface area contributed by atoms with E-state index in [-0.39, 0.29) is 17.2 Å². The molecule has 0 aliphatic heterocycles. The predicted molar refractivity (Wildman–Crippen MR) is 96.6 cm³/mol. The molecule has 0 saturated heterocycles. The van der Waals surface area contributed by atoms with E-state index in [2.05, 4.69) is 4.72 Å². The molecule has 2 aromatic rings. The summed E-state index contributed by atoms with van der Waals surface area (Å²) in [6.45, 7) is 1.36. The van der Waals surface area contributed by atoms with Crippen LogP contribution in [0.15, 0.2) is 41.3 Å². The molecule has 0 amide bonds. The first kappa shape index (κ1) is 19.7. The molecule has 2 rings (SSSR count). The summed E-state index contributed by atoms with van der Waals surface area (Å²) in [5, 5.41) is 0. The van der Waals surface area contributed by atoms with Gasteiger partial charge in [0.05, 0.1) is 26.2 Å². The van der Waals surface area contributed by atoms with E-state index >= 15 is 0 Å². The van der Waals surface area contributed by atoms with Crippen molar-refractivity contribution in [1.29, 1.82) is 0 Å². The molecular weight excluding hydrogens is 358 g/mol. The summed E-state index contributed by atoms with van der Waals surface area (Å²) in [5.74, 6) is 1.19. The van der Waals surface area contributed by atoms with Gasteiger partial charge in [-0.05, 0) is 25.1 Å². The number of carbonyl (C=O) groups is 1. The molecule has 0 aliphatic carbocycles. The highest BCUT2D eigenvalue weighted by atomic mass is 32.2. The van der Waals surface area contributed by atoms with Gasteiger partial charge in [-0.25, -0.2) is 13.1 Å². The van der Waals surface area contributed by atoms with E-state index in [4.69, 9.17) is 14.2 Å². The Bertz CT molecular complexity index is 908. The number of ketones is 1. The van der Waals surface area contributed by atoms with Crippen LogP contribution in [0.1, 0.15) is 22.8 Å². The molecule has 2 aromatic carbocycles. The monoisotopic (exact) mass is 379 g/mol. The summed E-state index contributed by atoms with van der Waals surface area (Å²) in [5.41, 5.74) is 0.910. The molecule has 0 unspecified atom stereocenters. The maximum absolute atomic E-state index is 12.5. The van der Waals surface area contributed by atoms with Gasteiger partial charge >= 0.3 is 0 Å². The maximum atomic E-state index is 12.5. The number of ether oxygens (including phenoxy) is 3. The minimum atomic E-state index is -3.80. The van der Waals surface area contributed by atoms with E-state index in [9.17, 15) is 13.2 Å². The fraction of sp³-hybridized carbons (Fsp3) is 0.278. The van der Waals surface area contributed by atoms with Gasteiger partial charge in [-0.2, -0.15) is 0 Å². The number of benzene rings is 2. The summed E-state index contributed by atoms with van der Waals surface area (Å²) in [7, 11) is 0.670. The predicted octanol–water partition coefficient (Wildman–Crippen LogP) is 2.39. The zero-order chi connectivity index (χ0) is 19.3. The average Bonchev–Trinajstić information content (AvgIpc) is 2.65. The second kappa shape index (κ2) is 8.20. The SMILES string of the molecule is COc1cc(OC)c(OC)cc1CNS(=O)(=O)c1cccc(C(C)=O)c1. The highest BCUT2D eigenvalue weighted by Crippen LogP contribution is 2.34. The topological polar surface area (TPSA) is 90.9 Å². The number of Topliss-reactive ketones (excluding diaryl/α,β-unsaturated/α-hetero) is 1. The van der Waals surface area contributed by atoms with Gasteiger partial charge in [0.15, 0.2) is 17.3 Å². The van der Waals surface area contributed by atoms with Gasteiger partial charge in [-0.15, -0.1) is 0 Å². The van der Waals surface area contributed by atoms with E-state index < -0.39 is 10.0 Å². The lowest BCUT2D eigenvalue weighted by Gasteiger charge is -2.15. The molecule has 0 aromatic heterocycles. The lowest BCUT2D eigenvalue weighted by molar-refractivity contribution is 0.101. The first-order valence-electron chi connectivity index (χ1n) is 7.72. The number of hydrogen-bond acceptors (Lipinski definition) is 6. The van der Waals surface area contributed by atoms with Gasteiger partial charge in [-0.3, -0.25) is 4.79 Å². The van der Waals surface area contributed by atoms with Crippen LogP contribution in [-0.4, -0.2) is 35.5 Å². The molecule has 140 valence electrons. The van der Waals surface area contributed by atoms with Crippen molar-refractivity contribution < 1.29 is 27.4 Å². The molecule has 0 aliphatic rings. The molecule has 0 atom stereocenters. The molecule has 7 nitrogen and oxygen atoms in total. The van der Waals surface area contributed by atoms with Gasteiger partial charge in [0.25, 0.3) is 0 Å². The number of sulfonamides is 1. The quantitative estimate of drug-likeness (QED) is 0.708. The van der Waals surface area contributed by atoms with Crippen LogP contribution in [-0.2, 0) is 16.6 Å². The van der Waals surface area contributed by atoms with Crippen molar-refractivity contribution in [3.05, 3.63) is 47.5 Å². The molecule has 1 N–H and O–H groups in total. The molecule has 26 heavy (non-hydrogen) atoms. The third-order valence-corrected chi connectivity index (χ3v) is 5.19. The highest BCUT2D eigenvalue weighted by molar-refractivity contribution is 7.89. The Balaban J connectivity index is 2.29. The Labute approximate surface area is 152 Å². The molecule has 0 fully saturated rings. The summed E-state index contributed by atoms with van der Waals surface area (Å²) in [4.78, 5) is 11.5. The third kappa shape index (κ3) is 4.33. The molecular formula is C18H21NO6S. The second-order valence-electron chi connectivity index (χ2n) is 5.43. The van der Waals surface area contributed by atoms with E-state index in [0.29, 0.717) is 28.4 Å². The van der Waals surface area contributed by atoms with Crippen molar-refractivity contribution >= 4 is 15.8 Å². The number of nitrogens with one attached hydrogen (secondary N) is 1. The van der Waals surface area contributed by atoms with Crippen LogP contribution < -0.4 is 18.9 Å². The van der Waals surface area contributed by atoms with Crippen LogP contribution in [0, 0.1) is 0 Å². The molecule has 0 radical (unpaired) electrons. The van der Waals surface area contributed by atoms with Gasteiger partial charge in [0.1, 0.15) is 5.75 Å². The van der Waals surface area contributed by atoms with E-state index in [0.717, 1.165) is 0 Å². The zero-order valence-electron chi connectivity index (χ0n) is 15.0. The number of hydrogen-bond donors (Lipinski definition) is 1. The number of carbonyl (C=O) groups excluding carboxylic acids is 1. The van der Waals surface area contributed by atoms with Crippen molar-refractivity contribution in [2.45, 2.75) is 18.4 Å². The lowest BCUT2D eigenvalue weighted by Crippen LogP contribution is -2.23. The molecule has 8 heteroatoms. The minimum absolute atomic E-state index is 0.0177. The highest BCUT2D eigenvalue weighted by Gasteiger charge is 2.18. The number of methoxy groups -OCH3 is 3. The van der Waals surface area contributed by atoms with Crippen molar-refractivity contribution in [3.63, 3.8) is 0 Å². The first-order chi connectivity index (χ1) is 12.3. The third-order valence-electron chi connectivity index (χ3n) is 3.79. The van der Waals surface area contributed by atoms with Gasteiger partial charge in [-0.1, -0.05) is 12.1 Å². The van der Waals surface area contributed by atoms with Crippen LogP contribution in [0.5, 0.6) is 17.2 Å². The maximum Gasteiger partial charge on any atom is 0.240 e. The van der Waals surface area contributed by atoms with E-state index in [1.807, 2.05) is 0 Å². The molecule has 0 saturated carbocycles. The van der Waals surface area contributed by atoms with Crippen LogP contribution in [0.25, 0.3) is 0 Å². The lowest BCUT2D eigenvalue weighted by atomic mass is 10.1. The molecule has 0 spiro atoms. The standard InChI is InChI=1S/C18H21NO6S/c1-12(20)13-6-5-7-15(8-13)26(21,22)19-11-14-9-17(24-3)18(25-4)10-16(14)23-2/h5-10,19H,11H2,1-4H3. The van der Waals surface area contributed by atoms with Crippen molar-refractivity contribution in [2.75, 3.05) is 21.3 Å². The first-order valence-corrected chi connectivity index (χ1v) is 9.20. The van der Waals surface area contributed by atoms with Crippen LogP contribution in [0.2, 0.25) is 0 Å². The Morgan fingerprint density at radius 1 is 0.962 bits per heavy atom. The van der Waals surface area contributed by atoms with Gasteiger partial charge in [0, 0.05) is 23.7 Å². The summed E-state index contributed by atoms with van der Waals surface area (Å²) in [6, 6.07) is 9.14. The summed E-state index contributed by atoms with van der Waals surface area (Å²) in [6.07, 6.45) is 0. The Kier molecular flexibility index (Phi) is 6.23. The average molecular weight is 379 g/mol. The smallest absolute Gasteiger partial charge is 0.240 e.